The number of hydrogen-bond acceptors (Lipinski definition) is 4. The van der Waals surface area contributed by atoms with Gasteiger partial charge < -0.3 is 14.5 Å². The molecule has 0 aliphatic heterocycles. The maximum Gasteiger partial charge on any atom is 0.291 e. The quantitative estimate of drug-likeness (QED) is 0.401. The number of aromatic nitrogens is 2. The molecule has 0 saturated carbocycles. The Morgan fingerprint density at radius 1 is 1.07 bits per heavy atom. The van der Waals surface area contributed by atoms with Crippen molar-refractivity contribution in [3.63, 3.8) is 0 Å². The molecular formula is C22H17Cl2N3O3. The summed E-state index contributed by atoms with van der Waals surface area (Å²) in [6, 6.07) is 17.9. The number of amides is 1. The first-order valence-corrected chi connectivity index (χ1v) is 9.86. The number of anilines is 1. The van der Waals surface area contributed by atoms with Crippen LogP contribution >= 0.6 is 23.2 Å². The second-order valence-corrected chi connectivity index (χ2v) is 7.40. The van der Waals surface area contributed by atoms with E-state index in [9.17, 15) is 4.79 Å². The van der Waals surface area contributed by atoms with Gasteiger partial charge in [0.2, 0.25) is 0 Å². The third-order valence-electron chi connectivity index (χ3n) is 4.19. The van der Waals surface area contributed by atoms with Crippen molar-refractivity contribution in [3.05, 3.63) is 100 Å². The van der Waals surface area contributed by atoms with Crippen LogP contribution in [0.2, 0.25) is 10.0 Å². The van der Waals surface area contributed by atoms with E-state index in [1.807, 2.05) is 24.3 Å². The van der Waals surface area contributed by atoms with Crippen LogP contribution in [0.15, 0.2) is 77.5 Å². The van der Waals surface area contributed by atoms with E-state index in [-0.39, 0.29) is 18.3 Å². The highest BCUT2D eigenvalue weighted by molar-refractivity contribution is 6.30. The zero-order chi connectivity index (χ0) is 20.9. The van der Waals surface area contributed by atoms with Crippen LogP contribution < -0.4 is 10.1 Å². The third kappa shape index (κ3) is 5.23. The zero-order valence-electron chi connectivity index (χ0n) is 15.7. The van der Waals surface area contributed by atoms with E-state index in [0.29, 0.717) is 33.8 Å². The minimum atomic E-state index is -0.344. The molecule has 6 nitrogen and oxygen atoms in total. The van der Waals surface area contributed by atoms with Crippen LogP contribution in [0.1, 0.15) is 21.9 Å². The second kappa shape index (κ2) is 9.07. The van der Waals surface area contributed by atoms with Gasteiger partial charge in [-0.05, 0) is 48.0 Å². The van der Waals surface area contributed by atoms with Gasteiger partial charge in [0, 0.05) is 16.9 Å². The summed E-state index contributed by atoms with van der Waals surface area (Å²) in [6.45, 7) is 0.734. The molecule has 2 aromatic heterocycles. The second-order valence-electron chi connectivity index (χ2n) is 6.52. The number of carbonyl (C=O) groups is 1. The van der Waals surface area contributed by atoms with Gasteiger partial charge in [-0.3, -0.25) is 9.48 Å². The van der Waals surface area contributed by atoms with E-state index in [1.165, 1.54) is 0 Å². The summed E-state index contributed by atoms with van der Waals surface area (Å²) in [5.41, 5.74) is 1.63. The van der Waals surface area contributed by atoms with E-state index in [1.54, 1.807) is 53.5 Å². The maximum atomic E-state index is 12.5. The molecule has 0 saturated heterocycles. The molecule has 0 radical (unpaired) electrons. The molecule has 4 rings (SSSR count). The fraction of sp³-hybridized carbons (Fsp3) is 0.0909. The molecule has 0 fully saturated rings. The Balaban J connectivity index is 1.36. The average molecular weight is 442 g/mol. The number of carbonyl (C=O) groups excluding carboxylic acids is 1. The number of benzene rings is 2. The van der Waals surface area contributed by atoms with Gasteiger partial charge in [-0.15, -0.1) is 0 Å². The maximum absolute atomic E-state index is 12.5. The number of furan rings is 1. The van der Waals surface area contributed by atoms with Crippen molar-refractivity contribution >= 4 is 34.8 Å². The number of ether oxygens (including phenoxy) is 1. The standard InChI is InChI=1S/C22H17Cl2N3O3/c23-16-4-2-6-19(10-16)29-14-20-7-8-21(30-20)22(28)26-18-5-1-3-15(9-18)12-27-13-17(24)11-25-27/h1-11,13H,12,14H2,(H,26,28). The van der Waals surface area contributed by atoms with E-state index < -0.39 is 0 Å². The topological polar surface area (TPSA) is 69.3 Å². The largest absolute Gasteiger partial charge is 0.486 e. The molecule has 0 unspecified atom stereocenters. The number of hydrogen-bond donors (Lipinski definition) is 1. The van der Waals surface area contributed by atoms with Crippen LogP contribution in [0.4, 0.5) is 5.69 Å². The van der Waals surface area contributed by atoms with E-state index >= 15 is 0 Å². The lowest BCUT2D eigenvalue weighted by molar-refractivity contribution is 0.0992. The van der Waals surface area contributed by atoms with Gasteiger partial charge >= 0.3 is 0 Å². The molecule has 4 aromatic rings. The Morgan fingerprint density at radius 3 is 2.73 bits per heavy atom. The van der Waals surface area contributed by atoms with Crippen LogP contribution in [0.5, 0.6) is 5.75 Å². The van der Waals surface area contributed by atoms with Gasteiger partial charge in [-0.25, -0.2) is 0 Å². The molecule has 0 atom stereocenters. The van der Waals surface area contributed by atoms with Gasteiger partial charge in [-0.2, -0.15) is 5.10 Å². The minimum Gasteiger partial charge on any atom is -0.486 e. The highest BCUT2D eigenvalue weighted by Crippen LogP contribution is 2.20. The molecular weight excluding hydrogens is 425 g/mol. The van der Waals surface area contributed by atoms with E-state index in [2.05, 4.69) is 10.4 Å². The summed E-state index contributed by atoms with van der Waals surface area (Å²) in [5.74, 6) is 1.01. The number of nitrogens with zero attached hydrogens (tertiary/aromatic N) is 2. The lowest BCUT2D eigenvalue weighted by Gasteiger charge is -2.07. The SMILES string of the molecule is O=C(Nc1cccc(Cn2cc(Cl)cn2)c1)c1ccc(COc2cccc(Cl)c2)o1. The van der Waals surface area contributed by atoms with Crippen LogP contribution in [0, 0.1) is 0 Å². The van der Waals surface area contributed by atoms with Crippen molar-refractivity contribution in [2.45, 2.75) is 13.2 Å². The lowest BCUT2D eigenvalue weighted by atomic mass is 10.2. The molecule has 0 bridgehead atoms. The van der Waals surface area contributed by atoms with Gasteiger partial charge in [-0.1, -0.05) is 41.4 Å². The van der Waals surface area contributed by atoms with Crippen molar-refractivity contribution < 1.29 is 13.9 Å². The Hall–Kier alpha value is -3.22. The molecule has 0 aliphatic carbocycles. The fourth-order valence-corrected chi connectivity index (χ4v) is 3.18. The van der Waals surface area contributed by atoms with E-state index in [4.69, 9.17) is 32.4 Å². The molecule has 1 N–H and O–H groups in total. The molecule has 152 valence electrons. The summed E-state index contributed by atoms with van der Waals surface area (Å²) < 4.78 is 13.0. The zero-order valence-corrected chi connectivity index (χ0v) is 17.2. The monoisotopic (exact) mass is 441 g/mol. The van der Waals surface area contributed by atoms with Crippen molar-refractivity contribution in [1.82, 2.24) is 9.78 Å². The van der Waals surface area contributed by atoms with Crippen molar-refractivity contribution in [2.24, 2.45) is 0 Å². The van der Waals surface area contributed by atoms with Crippen molar-refractivity contribution in [2.75, 3.05) is 5.32 Å². The van der Waals surface area contributed by atoms with Gasteiger partial charge in [0.15, 0.2) is 5.76 Å². The number of halogens is 2. The molecule has 0 spiro atoms. The highest BCUT2D eigenvalue weighted by atomic mass is 35.5. The predicted octanol–water partition coefficient (Wildman–Crippen LogP) is 5.66. The Labute approximate surface area is 183 Å². The van der Waals surface area contributed by atoms with Crippen molar-refractivity contribution in [3.8, 4) is 5.75 Å². The van der Waals surface area contributed by atoms with Gasteiger partial charge in [0.1, 0.15) is 18.1 Å². The average Bonchev–Trinajstić information content (AvgIpc) is 3.36. The smallest absolute Gasteiger partial charge is 0.291 e. The van der Waals surface area contributed by atoms with Crippen LogP contribution in [0.25, 0.3) is 0 Å². The highest BCUT2D eigenvalue weighted by Gasteiger charge is 2.12. The molecule has 2 aromatic carbocycles. The Morgan fingerprint density at radius 2 is 1.93 bits per heavy atom. The summed E-state index contributed by atoms with van der Waals surface area (Å²) in [4.78, 5) is 12.5. The summed E-state index contributed by atoms with van der Waals surface area (Å²) >= 11 is 11.8. The first-order chi connectivity index (χ1) is 14.5. The molecule has 1 amide bonds. The molecule has 0 aliphatic rings. The normalized spacial score (nSPS) is 10.7. The van der Waals surface area contributed by atoms with Crippen LogP contribution in [-0.4, -0.2) is 15.7 Å². The third-order valence-corrected chi connectivity index (χ3v) is 4.62. The summed E-state index contributed by atoms with van der Waals surface area (Å²) in [7, 11) is 0. The molecule has 8 heteroatoms. The first kappa shape index (κ1) is 20.1. The lowest BCUT2D eigenvalue weighted by Crippen LogP contribution is -2.11. The van der Waals surface area contributed by atoms with Crippen LogP contribution in [0.3, 0.4) is 0 Å². The Kier molecular flexibility index (Phi) is 6.07. The number of rotatable bonds is 7. The van der Waals surface area contributed by atoms with Crippen molar-refractivity contribution in [1.29, 1.82) is 0 Å². The van der Waals surface area contributed by atoms with Gasteiger partial charge in [0.05, 0.1) is 17.8 Å². The number of nitrogens with one attached hydrogen (secondary N) is 1. The summed E-state index contributed by atoms with van der Waals surface area (Å²) in [6.07, 6.45) is 3.32. The molecule has 30 heavy (non-hydrogen) atoms. The first-order valence-electron chi connectivity index (χ1n) is 9.10. The Bertz CT molecular complexity index is 1170. The van der Waals surface area contributed by atoms with E-state index in [0.717, 1.165) is 5.56 Å². The minimum absolute atomic E-state index is 0.190. The molecule has 2 heterocycles. The van der Waals surface area contributed by atoms with Crippen LogP contribution in [-0.2, 0) is 13.2 Å². The predicted molar refractivity (Wildman–Crippen MR) is 115 cm³/mol. The van der Waals surface area contributed by atoms with Gasteiger partial charge in [0.25, 0.3) is 5.91 Å². The summed E-state index contributed by atoms with van der Waals surface area (Å²) in [5, 5.41) is 8.16. The fourth-order valence-electron chi connectivity index (χ4n) is 2.84.